The fourth-order valence-electron chi connectivity index (χ4n) is 3.53. The Morgan fingerprint density at radius 3 is 1.52 bits per heavy atom. The Kier molecular flexibility index (Phi) is 15.9. The van der Waals surface area contributed by atoms with E-state index in [1.807, 2.05) is 0 Å². The third-order valence-electron chi connectivity index (χ3n) is 5.44. The first-order valence-corrected chi connectivity index (χ1v) is 11.8. The molecule has 0 spiro atoms. The molecule has 1 fully saturated rings. The van der Waals surface area contributed by atoms with Gasteiger partial charge in [-0.05, 0) is 25.7 Å². The number of rotatable bonds is 20. The minimum absolute atomic E-state index is 0.749. The van der Waals surface area contributed by atoms with Gasteiger partial charge in [-0.15, -0.1) is 0 Å². The molecule has 1 saturated carbocycles. The summed E-state index contributed by atoms with van der Waals surface area (Å²) in [5.41, 5.74) is 0. The topological polar surface area (TPSA) is 12.5 Å². The van der Waals surface area contributed by atoms with E-state index in [1.165, 1.54) is 116 Å². The predicted octanol–water partition coefficient (Wildman–Crippen LogP) is 7.66. The van der Waals surface area contributed by atoms with Crippen LogP contribution in [0.25, 0.3) is 0 Å². The van der Waals surface area contributed by atoms with Crippen molar-refractivity contribution in [1.29, 1.82) is 0 Å². The van der Waals surface area contributed by atoms with Crippen molar-refractivity contribution in [2.24, 2.45) is 0 Å². The highest BCUT2D eigenvalue weighted by Gasteiger charge is 2.29. The molecule has 1 rings (SSSR count). The molecule has 0 aromatic heterocycles. The van der Waals surface area contributed by atoms with Crippen molar-refractivity contribution in [3.05, 3.63) is 0 Å². The highest BCUT2D eigenvalue weighted by molar-refractivity contribution is 4.80. The van der Waals surface area contributed by atoms with Crippen molar-refractivity contribution in [1.82, 2.24) is 5.06 Å². The van der Waals surface area contributed by atoms with Gasteiger partial charge in [-0.3, -0.25) is 4.84 Å². The lowest BCUT2D eigenvalue weighted by Gasteiger charge is -2.21. The largest absolute Gasteiger partial charge is 0.299 e. The zero-order chi connectivity index (χ0) is 18.0. The molecule has 2 nitrogen and oxygen atoms in total. The van der Waals surface area contributed by atoms with Gasteiger partial charge in [0.2, 0.25) is 0 Å². The van der Waals surface area contributed by atoms with Gasteiger partial charge in [-0.2, -0.15) is 5.06 Å². The minimum atomic E-state index is 0.749. The molecule has 0 aliphatic heterocycles. The van der Waals surface area contributed by atoms with Crippen LogP contribution in [0.2, 0.25) is 0 Å². The molecule has 2 heteroatoms. The maximum atomic E-state index is 6.10. The van der Waals surface area contributed by atoms with E-state index in [1.54, 1.807) is 0 Å². The first kappa shape index (κ1) is 23.0. The van der Waals surface area contributed by atoms with E-state index in [9.17, 15) is 0 Å². The molecule has 0 aromatic carbocycles. The summed E-state index contributed by atoms with van der Waals surface area (Å²) in [5, 5.41) is 2.33. The molecule has 150 valence electrons. The van der Waals surface area contributed by atoms with Gasteiger partial charge in [0.15, 0.2) is 0 Å². The molecule has 0 radical (unpaired) electrons. The highest BCUT2D eigenvalue weighted by Crippen LogP contribution is 2.27. The smallest absolute Gasteiger partial charge is 0.0685 e. The Morgan fingerprint density at radius 1 is 0.600 bits per heavy atom. The van der Waals surface area contributed by atoms with E-state index in [0.29, 0.717) is 0 Å². The van der Waals surface area contributed by atoms with Crippen LogP contribution in [0.3, 0.4) is 0 Å². The van der Waals surface area contributed by atoms with E-state index >= 15 is 0 Å². The maximum absolute atomic E-state index is 6.10. The van der Waals surface area contributed by atoms with Crippen LogP contribution in [0.15, 0.2) is 0 Å². The first-order chi connectivity index (χ1) is 12.4. The third-order valence-corrected chi connectivity index (χ3v) is 5.44. The zero-order valence-corrected chi connectivity index (χ0v) is 17.6. The van der Waals surface area contributed by atoms with E-state index in [-0.39, 0.29) is 0 Å². The number of hydroxylamine groups is 2. The van der Waals surface area contributed by atoms with Crippen LogP contribution < -0.4 is 0 Å². The van der Waals surface area contributed by atoms with Crippen LogP contribution >= 0.6 is 0 Å². The third kappa shape index (κ3) is 14.7. The molecule has 25 heavy (non-hydrogen) atoms. The van der Waals surface area contributed by atoms with Crippen LogP contribution in [-0.2, 0) is 4.84 Å². The summed E-state index contributed by atoms with van der Waals surface area (Å²) in [6, 6.07) is 0.749. The molecular formula is C23H47NO. The fraction of sp³-hybridized carbons (Fsp3) is 1.00. The second kappa shape index (κ2) is 17.3. The maximum Gasteiger partial charge on any atom is 0.0685 e. The molecule has 0 amide bonds. The molecule has 0 aromatic rings. The van der Waals surface area contributed by atoms with Crippen molar-refractivity contribution in [3.8, 4) is 0 Å². The summed E-state index contributed by atoms with van der Waals surface area (Å²) in [4.78, 5) is 6.10. The Balaban J connectivity index is 1.88. The van der Waals surface area contributed by atoms with E-state index in [4.69, 9.17) is 4.84 Å². The summed E-state index contributed by atoms with van der Waals surface area (Å²) < 4.78 is 0. The molecule has 0 unspecified atom stereocenters. The summed E-state index contributed by atoms with van der Waals surface area (Å²) in [6.07, 6.45) is 25.0. The van der Waals surface area contributed by atoms with Crippen LogP contribution in [0.4, 0.5) is 0 Å². The lowest BCUT2D eigenvalue weighted by atomic mass is 10.1. The van der Waals surface area contributed by atoms with E-state index < -0.39 is 0 Å². The number of hydrogen-bond donors (Lipinski definition) is 0. The van der Waals surface area contributed by atoms with Crippen molar-refractivity contribution < 1.29 is 4.84 Å². The van der Waals surface area contributed by atoms with Crippen LogP contribution in [0.5, 0.6) is 0 Å². The normalized spacial score (nSPS) is 14.5. The van der Waals surface area contributed by atoms with Gasteiger partial charge in [-0.1, -0.05) is 104 Å². The molecule has 1 aliphatic rings. The minimum Gasteiger partial charge on any atom is -0.299 e. The highest BCUT2D eigenvalue weighted by atomic mass is 16.7. The molecule has 0 bridgehead atoms. The van der Waals surface area contributed by atoms with E-state index in [2.05, 4.69) is 18.9 Å². The van der Waals surface area contributed by atoms with Gasteiger partial charge in [0, 0.05) is 12.6 Å². The van der Waals surface area contributed by atoms with E-state index in [0.717, 1.165) is 19.2 Å². The van der Waals surface area contributed by atoms with Crippen molar-refractivity contribution in [2.75, 3.05) is 13.2 Å². The van der Waals surface area contributed by atoms with Crippen molar-refractivity contribution >= 4 is 0 Å². The molecule has 0 atom stereocenters. The van der Waals surface area contributed by atoms with Crippen LogP contribution in [0.1, 0.15) is 129 Å². The van der Waals surface area contributed by atoms with Crippen LogP contribution in [-0.4, -0.2) is 24.3 Å². The lowest BCUT2D eigenvalue weighted by molar-refractivity contribution is -0.168. The molecule has 0 heterocycles. The van der Waals surface area contributed by atoms with Gasteiger partial charge < -0.3 is 0 Å². The Bertz CT molecular complexity index is 265. The second-order valence-corrected chi connectivity index (χ2v) is 8.15. The monoisotopic (exact) mass is 353 g/mol. The lowest BCUT2D eigenvalue weighted by Crippen LogP contribution is -2.28. The average molecular weight is 354 g/mol. The standard InChI is InChI=1S/C23H47NO/c1-3-5-7-9-11-13-15-17-21-24(23-19-20-23)25-22-18-16-14-12-10-8-6-4-2/h23H,3-22H2,1-2H3. The van der Waals surface area contributed by atoms with Crippen molar-refractivity contribution in [2.45, 2.75) is 135 Å². The van der Waals surface area contributed by atoms with Gasteiger partial charge in [-0.25, -0.2) is 0 Å². The van der Waals surface area contributed by atoms with Gasteiger partial charge >= 0.3 is 0 Å². The summed E-state index contributed by atoms with van der Waals surface area (Å²) in [6.45, 7) is 6.69. The predicted molar refractivity (Wildman–Crippen MR) is 111 cm³/mol. The number of unbranched alkanes of at least 4 members (excludes halogenated alkanes) is 14. The molecule has 1 aliphatic carbocycles. The molecule has 0 N–H and O–H groups in total. The summed E-state index contributed by atoms with van der Waals surface area (Å²) in [5.74, 6) is 0. The zero-order valence-electron chi connectivity index (χ0n) is 17.6. The summed E-state index contributed by atoms with van der Waals surface area (Å²) >= 11 is 0. The molecular weight excluding hydrogens is 306 g/mol. The van der Waals surface area contributed by atoms with Gasteiger partial charge in [0.25, 0.3) is 0 Å². The Morgan fingerprint density at radius 2 is 1.04 bits per heavy atom. The number of hydrogen-bond acceptors (Lipinski definition) is 2. The van der Waals surface area contributed by atoms with Gasteiger partial charge in [0.05, 0.1) is 6.61 Å². The fourth-order valence-corrected chi connectivity index (χ4v) is 3.53. The number of nitrogens with zero attached hydrogens (tertiary/aromatic N) is 1. The van der Waals surface area contributed by atoms with Crippen LogP contribution in [0, 0.1) is 0 Å². The Hall–Kier alpha value is -0.0800. The Labute approximate surface area is 159 Å². The first-order valence-electron chi connectivity index (χ1n) is 11.8. The molecule has 0 saturated heterocycles. The SMILES string of the molecule is CCCCCCCCCCON(CCCCCCCCCC)C1CC1. The van der Waals surface area contributed by atoms with Crippen molar-refractivity contribution in [3.63, 3.8) is 0 Å². The van der Waals surface area contributed by atoms with Gasteiger partial charge in [0.1, 0.15) is 0 Å². The quantitative estimate of drug-likeness (QED) is 0.164. The average Bonchev–Trinajstić information content (AvgIpc) is 3.45. The second-order valence-electron chi connectivity index (χ2n) is 8.15. The summed E-state index contributed by atoms with van der Waals surface area (Å²) in [7, 11) is 0.